The number of amides is 1. The Bertz CT molecular complexity index is 806. The van der Waals surface area contributed by atoms with Gasteiger partial charge in [-0.3, -0.25) is 4.79 Å². The number of ether oxygens (including phenoxy) is 1. The molecule has 0 saturated carbocycles. The maximum atomic E-state index is 12.3. The highest BCUT2D eigenvalue weighted by molar-refractivity contribution is 6.02. The number of rotatable bonds is 5. The fraction of sp³-hybridized carbons (Fsp3) is 0.471. The predicted molar refractivity (Wildman–Crippen MR) is 99.1 cm³/mol. The van der Waals surface area contributed by atoms with Gasteiger partial charge >= 0.3 is 6.18 Å². The van der Waals surface area contributed by atoms with Crippen molar-refractivity contribution < 1.29 is 22.7 Å². The molecule has 28 heavy (non-hydrogen) atoms. The van der Waals surface area contributed by atoms with Gasteiger partial charge in [-0.1, -0.05) is 5.21 Å². The van der Waals surface area contributed by atoms with Gasteiger partial charge in [-0.2, -0.15) is 13.2 Å². The van der Waals surface area contributed by atoms with E-state index in [4.69, 9.17) is 4.74 Å². The number of anilines is 1. The number of carbonyl (C=O) groups is 1. The molecule has 2 N–H and O–H groups in total. The second-order valence-corrected chi connectivity index (χ2v) is 6.40. The molecule has 0 atom stereocenters. The van der Waals surface area contributed by atoms with Crippen LogP contribution in [0.1, 0.15) is 34.9 Å². The van der Waals surface area contributed by atoms with Crippen molar-refractivity contribution in [3.8, 4) is 5.75 Å². The third-order valence-corrected chi connectivity index (χ3v) is 4.25. The molecule has 0 bridgehead atoms. The number of hydrogen-bond donors (Lipinski definition) is 2. The van der Waals surface area contributed by atoms with Crippen molar-refractivity contribution in [1.29, 1.82) is 0 Å². The third-order valence-electron chi connectivity index (χ3n) is 4.25. The van der Waals surface area contributed by atoms with Gasteiger partial charge in [-0.05, 0) is 56.6 Å². The molecule has 7 nitrogen and oxygen atoms in total. The van der Waals surface area contributed by atoms with Crippen LogP contribution >= 0.6 is 12.4 Å². The minimum atomic E-state index is -4.40. The summed E-state index contributed by atoms with van der Waals surface area (Å²) in [6.45, 7) is 2.04. The number of nitrogens with zero attached hydrogens (tertiary/aromatic N) is 3. The second-order valence-electron chi connectivity index (χ2n) is 6.40. The first-order valence-electron chi connectivity index (χ1n) is 8.56. The van der Waals surface area contributed by atoms with Crippen LogP contribution in [0.4, 0.5) is 18.9 Å². The maximum Gasteiger partial charge on any atom is 0.422 e. The average molecular weight is 420 g/mol. The van der Waals surface area contributed by atoms with Crippen LogP contribution < -0.4 is 15.4 Å². The van der Waals surface area contributed by atoms with Gasteiger partial charge in [0.1, 0.15) is 5.75 Å². The molecule has 1 aromatic heterocycles. The van der Waals surface area contributed by atoms with Crippen LogP contribution in [0.2, 0.25) is 0 Å². The molecule has 1 fully saturated rings. The summed E-state index contributed by atoms with van der Waals surface area (Å²) >= 11 is 0. The molecule has 154 valence electrons. The monoisotopic (exact) mass is 419 g/mol. The summed E-state index contributed by atoms with van der Waals surface area (Å²) in [6, 6.07) is 4.63. The Balaban J connectivity index is 0.00000280. The van der Waals surface area contributed by atoms with Crippen LogP contribution in [0, 0.1) is 6.92 Å². The van der Waals surface area contributed by atoms with Gasteiger partial charge < -0.3 is 15.4 Å². The SMILES string of the molecule is Cc1cc(NC(=O)c2cn(C3CCNCC3)nn2)ccc1OCC(F)(F)F.Cl. The Labute approximate surface area is 166 Å². The molecule has 3 rings (SSSR count). The van der Waals surface area contributed by atoms with Crippen molar-refractivity contribution in [1.82, 2.24) is 20.3 Å². The van der Waals surface area contributed by atoms with Crippen molar-refractivity contribution in [2.24, 2.45) is 0 Å². The molecule has 11 heteroatoms. The van der Waals surface area contributed by atoms with Gasteiger partial charge in [0.15, 0.2) is 12.3 Å². The topological polar surface area (TPSA) is 81.1 Å². The summed E-state index contributed by atoms with van der Waals surface area (Å²) in [4.78, 5) is 12.3. The van der Waals surface area contributed by atoms with E-state index < -0.39 is 18.7 Å². The minimum Gasteiger partial charge on any atom is -0.484 e. The van der Waals surface area contributed by atoms with Crippen LogP contribution in [-0.2, 0) is 0 Å². The number of carbonyl (C=O) groups excluding carboxylic acids is 1. The maximum absolute atomic E-state index is 12.3. The summed E-state index contributed by atoms with van der Waals surface area (Å²) in [5.74, 6) is -0.319. The van der Waals surface area contributed by atoms with Crippen molar-refractivity contribution in [2.45, 2.75) is 32.0 Å². The van der Waals surface area contributed by atoms with Gasteiger partial charge in [-0.15, -0.1) is 17.5 Å². The number of alkyl halides is 3. The zero-order valence-electron chi connectivity index (χ0n) is 15.1. The van der Waals surface area contributed by atoms with E-state index in [0.29, 0.717) is 11.3 Å². The Kier molecular flexibility index (Phi) is 7.25. The molecule has 1 saturated heterocycles. The standard InChI is InChI=1S/C17H20F3N5O2.ClH/c1-11-8-12(2-3-15(11)27-10-17(18,19)20)22-16(26)14-9-25(24-23-14)13-4-6-21-7-5-13;/h2-3,8-9,13,21H,4-7,10H2,1H3,(H,22,26);1H. The third kappa shape index (κ3) is 5.83. The smallest absolute Gasteiger partial charge is 0.422 e. The Morgan fingerprint density at radius 3 is 2.71 bits per heavy atom. The fourth-order valence-electron chi connectivity index (χ4n) is 2.87. The van der Waals surface area contributed by atoms with Gasteiger partial charge in [0.2, 0.25) is 0 Å². The number of aromatic nitrogens is 3. The lowest BCUT2D eigenvalue weighted by Crippen LogP contribution is -2.29. The highest BCUT2D eigenvalue weighted by Gasteiger charge is 2.28. The predicted octanol–water partition coefficient (Wildman–Crippen LogP) is 3.13. The van der Waals surface area contributed by atoms with Crippen molar-refractivity contribution >= 4 is 24.0 Å². The first-order chi connectivity index (χ1) is 12.8. The van der Waals surface area contributed by atoms with Gasteiger partial charge in [0, 0.05) is 5.69 Å². The summed E-state index contributed by atoms with van der Waals surface area (Å²) in [6.07, 6.45) is -0.954. The molecule has 0 aliphatic carbocycles. The number of hydrogen-bond acceptors (Lipinski definition) is 5. The van der Waals surface area contributed by atoms with Crippen LogP contribution in [-0.4, -0.2) is 46.8 Å². The van der Waals surface area contributed by atoms with E-state index in [1.807, 2.05) is 0 Å². The molecule has 1 amide bonds. The molecule has 2 heterocycles. The first-order valence-corrected chi connectivity index (χ1v) is 8.56. The van der Waals surface area contributed by atoms with Crippen molar-refractivity contribution in [2.75, 3.05) is 25.0 Å². The summed E-state index contributed by atoms with van der Waals surface area (Å²) in [7, 11) is 0. The zero-order chi connectivity index (χ0) is 19.4. The van der Waals surface area contributed by atoms with E-state index in [2.05, 4.69) is 20.9 Å². The summed E-state index contributed by atoms with van der Waals surface area (Å²) < 4.78 is 43.2. The number of piperidine rings is 1. The van der Waals surface area contributed by atoms with Crippen LogP contribution in [0.5, 0.6) is 5.75 Å². The average Bonchev–Trinajstić information content (AvgIpc) is 3.11. The minimum absolute atomic E-state index is 0. The molecular formula is C17H21ClF3N5O2. The van der Waals surface area contributed by atoms with Gasteiger partial charge in [-0.25, -0.2) is 4.68 Å². The lowest BCUT2D eigenvalue weighted by atomic mass is 10.1. The van der Waals surface area contributed by atoms with E-state index in [0.717, 1.165) is 25.9 Å². The normalized spacial score (nSPS) is 15.0. The first kappa shape index (κ1) is 22.0. The Morgan fingerprint density at radius 2 is 2.07 bits per heavy atom. The highest BCUT2D eigenvalue weighted by atomic mass is 35.5. The summed E-state index contributed by atoms with van der Waals surface area (Å²) in [5, 5.41) is 13.9. The van der Waals surface area contributed by atoms with E-state index in [-0.39, 0.29) is 29.9 Å². The van der Waals surface area contributed by atoms with E-state index >= 15 is 0 Å². The van der Waals surface area contributed by atoms with Crippen molar-refractivity contribution in [3.63, 3.8) is 0 Å². The fourth-order valence-corrected chi connectivity index (χ4v) is 2.87. The lowest BCUT2D eigenvalue weighted by Gasteiger charge is -2.22. The number of nitrogens with one attached hydrogen (secondary N) is 2. The number of aryl methyl sites for hydroxylation is 1. The van der Waals surface area contributed by atoms with Gasteiger partial charge in [0.25, 0.3) is 5.91 Å². The molecular weight excluding hydrogens is 399 g/mol. The van der Waals surface area contributed by atoms with E-state index in [9.17, 15) is 18.0 Å². The van der Waals surface area contributed by atoms with E-state index in [1.54, 1.807) is 23.9 Å². The zero-order valence-corrected chi connectivity index (χ0v) is 15.9. The van der Waals surface area contributed by atoms with Crippen LogP contribution in [0.25, 0.3) is 0 Å². The Morgan fingerprint density at radius 1 is 1.36 bits per heavy atom. The van der Waals surface area contributed by atoms with Crippen LogP contribution in [0.15, 0.2) is 24.4 Å². The molecule has 2 aromatic rings. The molecule has 1 aromatic carbocycles. The molecule has 1 aliphatic rings. The van der Waals surface area contributed by atoms with E-state index in [1.165, 1.54) is 12.1 Å². The van der Waals surface area contributed by atoms with Crippen molar-refractivity contribution in [3.05, 3.63) is 35.7 Å². The molecule has 0 spiro atoms. The largest absolute Gasteiger partial charge is 0.484 e. The summed E-state index contributed by atoms with van der Waals surface area (Å²) in [5.41, 5.74) is 1.10. The lowest BCUT2D eigenvalue weighted by molar-refractivity contribution is -0.153. The number of benzene rings is 1. The molecule has 0 unspecified atom stereocenters. The molecule has 1 aliphatic heterocycles. The second kappa shape index (κ2) is 9.24. The highest BCUT2D eigenvalue weighted by Crippen LogP contribution is 2.25. The Hall–Kier alpha value is -2.33. The number of halogens is 4. The molecule has 0 radical (unpaired) electrons. The van der Waals surface area contributed by atoms with Gasteiger partial charge in [0.05, 0.1) is 12.2 Å². The quantitative estimate of drug-likeness (QED) is 0.778. The van der Waals surface area contributed by atoms with Crippen LogP contribution in [0.3, 0.4) is 0 Å².